The van der Waals surface area contributed by atoms with Crippen LogP contribution in [0.5, 0.6) is 0 Å². The standard InChI is InChI=1S/C18H20IOSi.3CH3.Sn/c1-15(19)13-14-16(2)20-21(17-9-5-3-6-10-17)18-11-7-4-8-12-18;;;;/h3-13,16H,14H2,1-2H3;3*1H3;/b15-13+;;;;. The Hall–Kier alpha value is -0.114. The number of benzene rings is 2. The van der Waals surface area contributed by atoms with Crippen LogP contribution in [-0.2, 0) is 4.43 Å². The molecule has 0 aliphatic heterocycles. The Morgan fingerprint density at radius 2 is 1.40 bits per heavy atom. The summed E-state index contributed by atoms with van der Waals surface area (Å²) in [6, 6.07) is 21.2. The van der Waals surface area contributed by atoms with Gasteiger partial charge in [-0.15, -0.1) is 0 Å². The van der Waals surface area contributed by atoms with Crippen molar-refractivity contribution in [3.05, 3.63) is 70.3 Å². The Labute approximate surface area is 176 Å². The molecule has 0 bridgehead atoms. The maximum atomic E-state index is 6.43. The first-order chi connectivity index (χ1) is 11.9. The fraction of sp³-hybridized carbons (Fsp3) is 0.333. The molecule has 2 aromatic rings. The fourth-order valence-corrected chi connectivity index (χ4v) is 4.41. The van der Waals surface area contributed by atoms with Gasteiger partial charge in [0.15, 0.2) is 0 Å². The van der Waals surface area contributed by atoms with Gasteiger partial charge >= 0.3 is 34.6 Å². The third-order valence-electron chi connectivity index (χ3n) is 3.12. The molecule has 0 saturated heterocycles. The van der Waals surface area contributed by atoms with E-state index in [1.165, 1.54) is 14.0 Å². The summed E-state index contributed by atoms with van der Waals surface area (Å²) in [5.74, 6) is 0. The van der Waals surface area contributed by atoms with Gasteiger partial charge in [0.1, 0.15) is 0 Å². The second kappa shape index (κ2) is 13.1. The van der Waals surface area contributed by atoms with Crippen LogP contribution in [0.3, 0.4) is 0 Å². The van der Waals surface area contributed by atoms with E-state index in [1.807, 2.05) is 0 Å². The summed E-state index contributed by atoms with van der Waals surface area (Å²) < 4.78 is 7.74. The van der Waals surface area contributed by atoms with Crippen molar-refractivity contribution in [3.63, 3.8) is 0 Å². The van der Waals surface area contributed by atoms with Crippen molar-refractivity contribution in [1.29, 1.82) is 0 Å². The van der Waals surface area contributed by atoms with Crippen LogP contribution in [0.15, 0.2) is 70.3 Å². The second-order valence-electron chi connectivity index (χ2n) is 6.52. The van der Waals surface area contributed by atoms with Crippen LogP contribution < -0.4 is 10.4 Å². The summed E-state index contributed by atoms with van der Waals surface area (Å²) in [6.45, 7) is 4.28. The van der Waals surface area contributed by atoms with E-state index in [-0.39, 0.29) is 6.10 Å². The quantitative estimate of drug-likeness (QED) is 0.338. The molecule has 1 atom stereocenters. The van der Waals surface area contributed by atoms with Gasteiger partial charge in [-0.25, -0.2) is 0 Å². The van der Waals surface area contributed by atoms with Crippen LogP contribution in [0.2, 0.25) is 14.8 Å². The molecule has 0 heterocycles. The molecule has 0 aromatic heterocycles. The van der Waals surface area contributed by atoms with Gasteiger partial charge in [0.05, 0.1) is 0 Å². The van der Waals surface area contributed by atoms with Crippen molar-refractivity contribution in [2.45, 2.75) is 41.2 Å². The summed E-state index contributed by atoms with van der Waals surface area (Å²) in [5.41, 5.74) is 0. The van der Waals surface area contributed by atoms with Gasteiger partial charge < -0.3 is 4.43 Å². The Morgan fingerprint density at radius 1 is 1.00 bits per heavy atom. The van der Waals surface area contributed by atoms with Gasteiger partial charge in [-0.05, 0) is 56.8 Å². The van der Waals surface area contributed by atoms with Gasteiger partial charge in [0.25, 0.3) is 9.04 Å². The molecular formula is C21H29IOSiSn. The molecule has 0 aliphatic rings. The van der Waals surface area contributed by atoms with Crippen LogP contribution in [0.25, 0.3) is 0 Å². The molecule has 0 saturated carbocycles. The molecule has 0 N–H and O–H groups in total. The first-order valence-electron chi connectivity index (χ1n) is 8.63. The van der Waals surface area contributed by atoms with E-state index >= 15 is 0 Å². The van der Waals surface area contributed by atoms with E-state index in [0.29, 0.717) is 0 Å². The van der Waals surface area contributed by atoms with Crippen LogP contribution >= 0.6 is 22.6 Å². The third-order valence-corrected chi connectivity index (χ3v) is 5.92. The minimum atomic E-state index is -1.18. The topological polar surface area (TPSA) is 9.23 Å². The minimum absolute atomic E-state index is 0.226. The molecular weight excluding hydrogens is 542 g/mol. The average molecular weight is 571 g/mol. The van der Waals surface area contributed by atoms with Crippen LogP contribution in [0.1, 0.15) is 20.3 Å². The molecule has 134 valence electrons. The van der Waals surface area contributed by atoms with Crippen LogP contribution in [0.4, 0.5) is 0 Å². The molecule has 0 fully saturated rings. The first kappa shape index (κ1) is 22.9. The summed E-state index contributed by atoms with van der Waals surface area (Å²) in [4.78, 5) is 7.09. The monoisotopic (exact) mass is 572 g/mol. The van der Waals surface area contributed by atoms with E-state index in [4.69, 9.17) is 4.43 Å². The summed E-state index contributed by atoms with van der Waals surface area (Å²) >= 11 is 1.80. The van der Waals surface area contributed by atoms with Crippen molar-refractivity contribution in [1.82, 2.24) is 0 Å². The maximum absolute atomic E-state index is 6.43. The zero-order chi connectivity index (χ0) is 18.7. The van der Waals surface area contributed by atoms with Gasteiger partial charge in [-0.1, -0.05) is 66.7 Å². The number of allylic oxidation sites excluding steroid dienone is 1. The van der Waals surface area contributed by atoms with Crippen molar-refractivity contribution in [3.8, 4) is 0 Å². The molecule has 0 aliphatic carbocycles. The van der Waals surface area contributed by atoms with E-state index in [1.54, 1.807) is 0 Å². The average Bonchev–Trinajstić information content (AvgIpc) is 2.59. The summed E-state index contributed by atoms with van der Waals surface area (Å²) in [7, 11) is -1.18. The van der Waals surface area contributed by atoms with E-state index < -0.39 is 28.8 Å². The molecule has 0 amide bonds. The number of hydrogen-bond donors (Lipinski definition) is 0. The molecule has 1 unspecified atom stereocenters. The van der Waals surface area contributed by atoms with Crippen LogP contribution in [0, 0.1) is 0 Å². The zero-order valence-corrected chi connectivity index (χ0v) is 21.9. The number of rotatable bonds is 6. The van der Waals surface area contributed by atoms with E-state index in [2.05, 4.69) is 118 Å². The van der Waals surface area contributed by atoms with E-state index in [0.717, 1.165) is 6.42 Å². The van der Waals surface area contributed by atoms with Crippen molar-refractivity contribution < 1.29 is 4.43 Å². The SMILES string of the molecule is C/C(I)=C\CC(C)O[Si](c1ccccc1)c1ccccc1.[CH3][Sn]([CH3])[CH3]. The molecule has 2 rings (SSSR count). The second-order valence-corrected chi connectivity index (χ2v) is 18.8. The van der Waals surface area contributed by atoms with Crippen LogP contribution in [-0.4, -0.2) is 34.9 Å². The molecule has 2 aromatic carbocycles. The van der Waals surface area contributed by atoms with Crippen molar-refractivity contribution in [2.24, 2.45) is 0 Å². The van der Waals surface area contributed by atoms with Gasteiger partial charge in [-0.3, -0.25) is 0 Å². The molecule has 25 heavy (non-hydrogen) atoms. The first-order valence-corrected chi connectivity index (χ1v) is 19.7. The summed E-state index contributed by atoms with van der Waals surface area (Å²) in [5, 5.41) is 2.60. The van der Waals surface area contributed by atoms with Gasteiger partial charge in [-0.2, -0.15) is 0 Å². The predicted octanol–water partition coefficient (Wildman–Crippen LogP) is 5.30. The van der Waals surface area contributed by atoms with Crippen molar-refractivity contribution in [2.75, 3.05) is 0 Å². The Bertz CT molecular complexity index is 570. The zero-order valence-electron chi connectivity index (χ0n) is 15.9. The molecule has 1 nitrogen and oxygen atoms in total. The predicted molar refractivity (Wildman–Crippen MR) is 124 cm³/mol. The Balaban J connectivity index is 0.000000705. The van der Waals surface area contributed by atoms with Gasteiger partial charge in [0, 0.05) is 6.10 Å². The number of hydrogen-bond acceptors (Lipinski definition) is 1. The third kappa shape index (κ3) is 10.6. The number of halogens is 1. The fourth-order valence-electron chi connectivity index (χ4n) is 2.06. The Kier molecular flexibility index (Phi) is 12.0. The molecule has 2 radical (unpaired) electrons. The molecule has 0 spiro atoms. The van der Waals surface area contributed by atoms with Gasteiger partial charge in [0.2, 0.25) is 0 Å². The molecule has 4 heteroatoms. The Morgan fingerprint density at radius 3 is 1.76 bits per heavy atom. The normalized spacial score (nSPS) is 12.7. The van der Waals surface area contributed by atoms with Crippen molar-refractivity contribution >= 4 is 61.8 Å². The van der Waals surface area contributed by atoms with E-state index in [9.17, 15) is 0 Å². The summed E-state index contributed by atoms with van der Waals surface area (Å²) in [6.07, 6.45) is 3.42.